The first-order valence-electron chi connectivity index (χ1n) is 3.83. The van der Waals surface area contributed by atoms with Gasteiger partial charge < -0.3 is 5.73 Å². The molecule has 0 amide bonds. The van der Waals surface area contributed by atoms with E-state index in [0.29, 0.717) is 5.92 Å². The number of hydrogen-bond donors (Lipinski definition) is 1. The Labute approximate surface area is 67.5 Å². The summed E-state index contributed by atoms with van der Waals surface area (Å²) in [6.07, 6.45) is 1.89. The summed E-state index contributed by atoms with van der Waals surface area (Å²) in [6, 6.07) is 1.99. The lowest BCUT2D eigenvalue weighted by Crippen LogP contribution is -1.96. The molecule has 0 fully saturated rings. The molecule has 0 aliphatic rings. The monoisotopic (exact) mass is 150 g/mol. The first-order valence-corrected chi connectivity index (χ1v) is 3.83. The molecular weight excluding hydrogens is 136 g/mol. The zero-order valence-electron chi connectivity index (χ0n) is 7.26. The largest absolute Gasteiger partial charge is 0.397 e. The highest BCUT2D eigenvalue weighted by Gasteiger charge is 2.00. The van der Waals surface area contributed by atoms with Crippen LogP contribution in [0.5, 0.6) is 0 Å². The molecule has 0 radical (unpaired) electrons. The molecule has 0 saturated heterocycles. The maximum atomic E-state index is 5.70. The number of nitrogens with zero attached hydrogens (tertiary/aromatic N) is 1. The summed E-state index contributed by atoms with van der Waals surface area (Å²) >= 11 is 0. The fourth-order valence-corrected chi connectivity index (χ4v) is 0.883. The minimum atomic E-state index is 0.505. The Hall–Kier alpha value is -1.05. The number of nitrogen functional groups attached to an aromatic ring is 1. The Morgan fingerprint density at radius 3 is 2.55 bits per heavy atom. The van der Waals surface area contributed by atoms with Crippen LogP contribution in [0.25, 0.3) is 0 Å². The van der Waals surface area contributed by atoms with Crippen LogP contribution in [0, 0.1) is 6.92 Å². The fourth-order valence-electron chi connectivity index (χ4n) is 0.883. The van der Waals surface area contributed by atoms with Gasteiger partial charge in [0.15, 0.2) is 0 Å². The number of rotatable bonds is 1. The molecule has 2 N–H and O–H groups in total. The lowest BCUT2D eigenvalue weighted by atomic mass is 10.1. The van der Waals surface area contributed by atoms with Crippen molar-refractivity contribution in [2.45, 2.75) is 26.7 Å². The van der Waals surface area contributed by atoms with Crippen molar-refractivity contribution < 1.29 is 0 Å². The number of aryl methyl sites for hydroxylation is 1. The van der Waals surface area contributed by atoms with Crippen LogP contribution in [0.4, 0.5) is 5.69 Å². The molecule has 0 aliphatic carbocycles. The minimum absolute atomic E-state index is 0.505. The van der Waals surface area contributed by atoms with Crippen LogP contribution in [0.3, 0.4) is 0 Å². The number of nitrogens with two attached hydrogens (primary N) is 1. The first-order chi connectivity index (χ1) is 5.11. The van der Waals surface area contributed by atoms with Gasteiger partial charge in [0.25, 0.3) is 0 Å². The second kappa shape index (κ2) is 2.91. The number of hydrogen-bond acceptors (Lipinski definition) is 2. The maximum absolute atomic E-state index is 5.70. The topological polar surface area (TPSA) is 38.9 Å². The average molecular weight is 150 g/mol. The van der Waals surface area contributed by atoms with E-state index in [1.54, 1.807) is 0 Å². The van der Waals surface area contributed by atoms with Gasteiger partial charge in [0.2, 0.25) is 0 Å². The molecule has 0 aliphatic heterocycles. The predicted molar refractivity (Wildman–Crippen MR) is 47.5 cm³/mol. The standard InChI is InChI=1S/C9H14N2/c1-6(2)8-4-9(10)7(3)11-5-8/h4-6H,10H2,1-3H3. The molecule has 1 rings (SSSR count). The van der Waals surface area contributed by atoms with Crippen molar-refractivity contribution in [1.29, 1.82) is 0 Å². The third-order valence-corrected chi connectivity index (χ3v) is 1.81. The molecule has 60 valence electrons. The third-order valence-electron chi connectivity index (χ3n) is 1.81. The highest BCUT2D eigenvalue weighted by molar-refractivity contribution is 5.44. The lowest BCUT2D eigenvalue weighted by molar-refractivity contribution is 0.856. The minimum Gasteiger partial charge on any atom is -0.397 e. The van der Waals surface area contributed by atoms with E-state index in [4.69, 9.17) is 5.73 Å². The van der Waals surface area contributed by atoms with Crippen LogP contribution < -0.4 is 5.73 Å². The van der Waals surface area contributed by atoms with Crippen molar-refractivity contribution in [3.63, 3.8) is 0 Å². The van der Waals surface area contributed by atoms with E-state index in [2.05, 4.69) is 18.8 Å². The van der Waals surface area contributed by atoms with Crippen molar-refractivity contribution in [2.24, 2.45) is 0 Å². The Morgan fingerprint density at radius 2 is 2.09 bits per heavy atom. The highest BCUT2D eigenvalue weighted by atomic mass is 14.7. The summed E-state index contributed by atoms with van der Waals surface area (Å²) in [7, 11) is 0. The van der Waals surface area contributed by atoms with Crippen LogP contribution in [0.2, 0.25) is 0 Å². The SMILES string of the molecule is Cc1ncc(C(C)C)cc1N. The van der Waals surface area contributed by atoms with E-state index < -0.39 is 0 Å². The predicted octanol–water partition coefficient (Wildman–Crippen LogP) is 2.10. The van der Waals surface area contributed by atoms with Gasteiger partial charge in [0.05, 0.1) is 11.4 Å². The molecule has 1 aromatic rings. The van der Waals surface area contributed by atoms with Gasteiger partial charge in [-0.3, -0.25) is 4.98 Å². The van der Waals surface area contributed by atoms with E-state index in [-0.39, 0.29) is 0 Å². The zero-order valence-corrected chi connectivity index (χ0v) is 7.26. The molecular formula is C9H14N2. The van der Waals surface area contributed by atoms with Gasteiger partial charge in [-0.2, -0.15) is 0 Å². The Kier molecular flexibility index (Phi) is 2.13. The normalized spacial score (nSPS) is 10.5. The molecule has 0 atom stereocenters. The smallest absolute Gasteiger partial charge is 0.0601 e. The summed E-state index contributed by atoms with van der Waals surface area (Å²) < 4.78 is 0. The lowest BCUT2D eigenvalue weighted by Gasteiger charge is -2.06. The molecule has 1 aromatic heterocycles. The molecule has 0 aromatic carbocycles. The Bertz CT molecular complexity index is 254. The average Bonchev–Trinajstić information content (AvgIpc) is 1.94. The van der Waals surface area contributed by atoms with E-state index in [9.17, 15) is 0 Å². The number of pyridine rings is 1. The molecule has 11 heavy (non-hydrogen) atoms. The van der Waals surface area contributed by atoms with E-state index in [0.717, 1.165) is 11.4 Å². The van der Waals surface area contributed by atoms with Gasteiger partial charge in [-0.05, 0) is 24.5 Å². The molecule has 2 nitrogen and oxygen atoms in total. The molecule has 0 bridgehead atoms. The van der Waals surface area contributed by atoms with E-state index >= 15 is 0 Å². The molecule has 2 heteroatoms. The highest BCUT2D eigenvalue weighted by Crippen LogP contribution is 2.17. The summed E-state index contributed by atoms with van der Waals surface area (Å²) in [5.41, 5.74) is 8.60. The quantitative estimate of drug-likeness (QED) is 0.665. The van der Waals surface area contributed by atoms with Gasteiger partial charge in [-0.25, -0.2) is 0 Å². The summed E-state index contributed by atoms with van der Waals surface area (Å²) in [5.74, 6) is 0.505. The van der Waals surface area contributed by atoms with Gasteiger partial charge in [-0.15, -0.1) is 0 Å². The van der Waals surface area contributed by atoms with E-state index in [1.165, 1.54) is 5.56 Å². The van der Waals surface area contributed by atoms with Crippen LogP contribution >= 0.6 is 0 Å². The first kappa shape index (κ1) is 8.05. The van der Waals surface area contributed by atoms with Crippen molar-refractivity contribution in [3.8, 4) is 0 Å². The van der Waals surface area contributed by atoms with E-state index in [1.807, 2.05) is 19.2 Å². The molecule has 0 saturated carbocycles. The molecule has 0 spiro atoms. The van der Waals surface area contributed by atoms with Gasteiger partial charge >= 0.3 is 0 Å². The molecule has 0 unspecified atom stereocenters. The van der Waals surface area contributed by atoms with Gasteiger partial charge in [0.1, 0.15) is 0 Å². The number of anilines is 1. The van der Waals surface area contributed by atoms with Crippen LogP contribution in [-0.4, -0.2) is 4.98 Å². The summed E-state index contributed by atoms with van der Waals surface area (Å²) in [6.45, 7) is 6.18. The second-order valence-corrected chi connectivity index (χ2v) is 3.10. The summed E-state index contributed by atoms with van der Waals surface area (Å²) in [4.78, 5) is 4.17. The van der Waals surface area contributed by atoms with Crippen molar-refractivity contribution in [1.82, 2.24) is 4.98 Å². The van der Waals surface area contributed by atoms with Crippen LogP contribution in [0.1, 0.15) is 31.0 Å². The van der Waals surface area contributed by atoms with Crippen molar-refractivity contribution in [2.75, 3.05) is 5.73 Å². The zero-order chi connectivity index (χ0) is 8.43. The van der Waals surface area contributed by atoms with Crippen LogP contribution in [-0.2, 0) is 0 Å². The second-order valence-electron chi connectivity index (χ2n) is 3.10. The molecule has 1 heterocycles. The third kappa shape index (κ3) is 1.70. The summed E-state index contributed by atoms with van der Waals surface area (Å²) in [5, 5.41) is 0. The van der Waals surface area contributed by atoms with Gasteiger partial charge in [-0.1, -0.05) is 13.8 Å². The van der Waals surface area contributed by atoms with Crippen LogP contribution in [0.15, 0.2) is 12.3 Å². The van der Waals surface area contributed by atoms with Crippen molar-refractivity contribution >= 4 is 5.69 Å². The number of aromatic nitrogens is 1. The Morgan fingerprint density at radius 1 is 1.45 bits per heavy atom. The van der Waals surface area contributed by atoms with Crippen molar-refractivity contribution in [3.05, 3.63) is 23.5 Å². The van der Waals surface area contributed by atoms with Gasteiger partial charge in [0, 0.05) is 6.20 Å². The Balaban J connectivity index is 3.05. The fraction of sp³-hybridized carbons (Fsp3) is 0.444. The maximum Gasteiger partial charge on any atom is 0.0601 e.